The van der Waals surface area contributed by atoms with Crippen molar-refractivity contribution in [2.45, 2.75) is 12.8 Å². The Bertz CT molecular complexity index is 910. The Hall–Kier alpha value is -2.65. The van der Waals surface area contributed by atoms with E-state index in [0.717, 1.165) is 15.0 Å². The highest BCUT2D eigenvalue weighted by Crippen LogP contribution is 2.15. The molecule has 3 aromatic rings. The van der Waals surface area contributed by atoms with Gasteiger partial charge >= 0.3 is 0 Å². The molecule has 0 amide bonds. The molecule has 1 aromatic carbocycles. The Morgan fingerprint density at radius 1 is 1.32 bits per heavy atom. The lowest BCUT2D eigenvalue weighted by atomic mass is 10.2. The van der Waals surface area contributed by atoms with Gasteiger partial charge in [-0.05, 0) is 24.3 Å². The molecular formula is C16H14N4OS. The van der Waals surface area contributed by atoms with Gasteiger partial charge in [-0.3, -0.25) is 0 Å². The molecule has 2 aromatic heterocycles. The van der Waals surface area contributed by atoms with Crippen LogP contribution < -0.4 is 4.80 Å². The van der Waals surface area contributed by atoms with E-state index in [1.54, 1.807) is 23.7 Å². The van der Waals surface area contributed by atoms with Crippen LogP contribution >= 0.6 is 11.3 Å². The molecular weight excluding hydrogens is 296 g/mol. The minimum Gasteiger partial charge on any atom is -0.463 e. The van der Waals surface area contributed by atoms with Crippen molar-refractivity contribution in [2.75, 3.05) is 0 Å². The van der Waals surface area contributed by atoms with Gasteiger partial charge < -0.3 is 8.98 Å². The molecule has 0 radical (unpaired) electrons. The van der Waals surface area contributed by atoms with Gasteiger partial charge in [0.25, 0.3) is 0 Å². The maximum atomic E-state index is 8.77. The summed E-state index contributed by atoms with van der Waals surface area (Å²) in [6.45, 7) is 0. The van der Waals surface area contributed by atoms with Crippen molar-refractivity contribution in [3.63, 3.8) is 0 Å². The van der Waals surface area contributed by atoms with E-state index in [-0.39, 0.29) is 0 Å². The van der Waals surface area contributed by atoms with Gasteiger partial charge in [-0.2, -0.15) is 5.26 Å². The number of benzene rings is 1. The van der Waals surface area contributed by atoms with E-state index >= 15 is 0 Å². The van der Waals surface area contributed by atoms with Crippen LogP contribution in [0.25, 0.3) is 10.2 Å². The van der Waals surface area contributed by atoms with Crippen LogP contribution in [0.3, 0.4) is 0 Å². The average Bonchev–Trinajstić information content (AvgIpc) is 3.17. The predicted octanol–water partition coefficient (Wildman–Crippen LogP) is 3.44. The van der Waals surface area contributed by atoms with E-state index in [1.165, 1.54) is 0 Å². The van der Waals surface area contributed by atoms with Gasteiger partial charge in [0.05, 0.1) is 22.5 Å². The summed E-state index contributed by atoms with van der Waals surface area (Å²) in [4.78, 5) is 0.808. The second kappa shape index (κ2) is 6.41. The lowest BCUT2D eigenvalue weighted by Crippen LogP contribution is -2.10. The quantitative estimate of drug-likeness (QED) is 0.547. The normalized spacial score (nSPS) is 12.7. The minimum absolute atomic E-state index is 0.383. The molecule has 0 bridgehead atoms. The van der Waals surface area contributed by atoms with Gasteiger partial charge in [-0.15, -0.1) is 10.2 Å². The first-order valence-electron chi connectivity index (χ1n) is 6.85. The maximum Gasteiger partial charge on any atom is 0.211 e. The Morgan fingerprint density at radius 3 is 2.91 bits per heavy atom. The fraction of sp³-hybridized carbons (Fsp3) is 0.188. The number of thiazole rings is 1. The number of aryl methyl sites for hydroxylation is 1. The molecule has 0 fully saturated rings. The van der Waals surface area contributed by atoms with Crippen LogP contribution in [0.4, 0.5) is 0 Å². The number of hydrogen-bond acceptors (Lipinski definition) is 5. The highest BCUT2D eigenvalue weighted by atomic mass is 32.1. The van der Waals surface area contributed by atoms with Crippen LogP contribution in [-0.4, -0.2) is 10.3 Å². The van der Waals surface area contributed by atoms with Gasteiger partial charge in [0, 0.05) is 19.9 Å². The second-order valence-corrected chi connectivity index (χ2v) is 5.70. The van der Waals surface area contributed by atoms with E-state index in [0.29, 0.717) is 24.3 Å². The summed E-state index contributed by atoms with van der Waals surface area (Å²) in [5, 5.41) is 17.4. The number of furan rings is 1. The van der Waals surface area contributed by atoms with Crippen molar-refractivity contribution < 1.29 is 4.42 Å². The molecule has 3 rings (SSSR count). The minimum atomic E-state index is 0.383. The summed E-state index contributed by atoms with van der Waals surface area (Å²) in [7, 11) is 1.97. The zero-order valence-electron chi connectivity index (χ0n) is 12.1. The van der Waals surface area contributed by atoms with E-state index in [9.17, 15) is 0 Å². The Labute approximate surface area is 131 Å². The van der Waals surface area contributed by atoms with E-state index in [4.69, 9.17) is 9.68 Å². The third-order valence-corrected chi connectivity index (χ3v) is 4.35. The first kappa shape index (κ1) is 14.3. The predicted molar refractivity (Wildman–Crippen MR) is 86.5 cm³/mol. The third kappa shape index (κ3) is 2.85. The first-order valence-corrected chi connectivity index (χ1v) is 7.67. The summed E-state index contributed by atoms with van der Waals surface area (Å²) in [5.41, 5.74) is 1.81. The van der Waals surface area contributed by atoms with Crippen molar-refractivity contribution >= 4 is 27.3 Å². The van der Waals surface area contributed by atoms with Gasteiger partial charge in [0.1, 0.15) is 11.5 Å². The van der Waals surface area contributed by atoms with Crippen LogP contribution in [0.5, 0.6) is 0 Å². The molecule has 6 heteroatoms. The van der Waals surface area contributed by atoms with E-state index < -0.39 is 0 Å². The monoisotopic (exact) mass is 310 g/mol. The lowest BCUT2D eigenvalue weighted by molar-refractivity contribution is 0.555. The summed E-state index contributed by atoms with van der Waals surface area (Å²) >= 11 is 1.58. The van der Waals surface area contributed by atoms with Gasteiger partial charge in [0.2, 0.25) is 4.80 Å². The van der Waals surface area contributed by atoms with Crippen LogP contribution in [0.15, 0.2) is 57.3 Å². The van der Waals surface area contributed by atoms with Gasteiger partial charge in [-0.25, -0.2) is 0 Å². The first-order chi connectivity index (χ1) is 10.8. The number of rotatable bonds is 4. The molecule has 5 nitrogen and oxygen atoms in total. The number of nitriles is 1. The summed E-state index contributed by atoms with van der Waals surface area (Å²) in [6.07, 6.45) is 2.49. The molecule has 0 saturated heterocycles. The molecule has 2 heterocycles. The number of para-hydroxylation sites is 1. The van der Waals surface area contributed by atoms with Crippen LogP contribution in [0, 0.1) is 11.3 Å². The molecule has 0 aliphatic carbocycles. The molecule has 0 spiro atoms. The molecule has 0 aliphatic heterocycles. The molecule has 22 heavy (non-hydrogen) atoms. The zero-order chi connectivity index (χ0) is 15.4. The number of nitrogens with zero attached hydrogens (tertiary/aromatic N) is 4. The Balaban J connectivity index is 2.04. The number of hydrogen-bond donors (Lipinski definition) is 0. The summed E-state index contributed by atoms with van der Waals surface area (Å²) in [6, 6.07) is 13.9. The average molecular weight is 310 g/mol. The molecule has 0 atom stereocenters. The largest absolute Gasteiger partial charge is 0.463 e. The molecule has 0 saturated carbocycles. The standard InChI is InChI=1S/C16H14N4OS/c1-20-13-7-2-3-9-15(13)22-16(20)19-18-12(6-4-10-17)14-8-5-11-21-14/h2-3,5,7-9,11H,4,6H2,1H3/b18-12+,19-16-. The molecule has 110 valence electrons. The van der Waals surface area contributed by atoms with Crippen molar-refractivity contribution in [2.24, 2.45) is 17.3 Å². The highest BCUT2D eigenvalue weighted by Gasteiger charge is 2.07. The third-order valence-electron chi connectivity index (χ3n) is 3.25. The fourth-order valence-corrected chi connectivity index (χ4v) is 3.09. The smallest absolute Gasteiger partial charge is 0.211 e. The second-order valence-electron chi connectivity index (χ2n) is 4.69. The van der Waals surface area contributed by atoms with Gasteiger partial charge in [0.15, 0.2) is 0 Å². The lowest BCUT2D eigenvalue weighted by Gasteiger charge is -1.97. The Kier molecular flexibility index (Phi) is 4.17. The van der Waals surface area contributed by atoms with Crippen LogP contribution in [0.1, 0.15) is 18.6 Å². The van der Waals surface area contributed by atoms with Crippen molar-refractivity contribution in [3.8, 4) is 6.07 Å². The van der Waals surface area contributed by atoms with Gasteiger partial charge in [-0.1, -0.05) is 23.5 Å². The Morgan fingerprint density at radius 2 is 2.18 bits per heavy atom. The summed E-state index contributed by atoms with van der Waals surface area (Å²) < 4.78 is 8.54. The maximum absolute atomic E-state index is 8.77. The molecule has 0 aliphatic rings. The number of fused-ring (bicyclic) bond motifs is 1. The van der Waals surface area contributed by atoms with E-state index in [1.807, 2.05) is 29.8 Å². The van der Waals surface area contributed by atoms with Crippen LogP contribution in [0.2, 0.25) is 0 Å². The van der Waals surface area contributed by atoms with E-state index in [2.05, 4.69) is 28.4 Å². The highest BCUT2D eigenvalue weighted by molar-refractivity contribution is 7.16. The molecule has 0 unspecified atom stereocenters. The number of aromatic nitrogens is 1. The topological polar surface area (TPSA) is 66.6 Å². The zero-order valence-corrected chi connectivity index (χ0v) is 12.9. The fourth-order valence-electron chi connectivity index (χ4n) is 2.12. The van der Waals surface area contributed by atoms with Crippen LogP contribution in [-0.2, 0) is 7.05 Å². The molecule has 0 N–H and O–H groups in total. The summed E-state index contributed by atoms with van der Waals surface area (Å²) in [5.74, 6) is 0.655. The van der Waals surface area contributed by atoms with Crippen molar-refractivity contribution in [1.82, 2.24) is 4.57 Å². The van der Waals surface area contributed by atoms with Crippen molar-refractivity contribution in [3.05, 3.63) is 53.2 Å². The van der Waals surface area contributed by atoms with Crippen molar-refractivity contribution in [1.29, 1.82) is 5.26 Å². The SMILES string of the molecule is Cn1/c(=N/N=C(\CCC#N)c2ccco2)sc2ccccc21.